The van der Waals surface area contributed by atoms with Gasteiger partial charge in [-0.15, -0.1) is 0 Å². The summed E-state index contributed by atoms with van der Waals surface area (Å²) in [5, 5.41) is 0. The van der Waals surface area contributed by atoms with Crippen LogP contribution in [0, 0.1) is 5.41 Å². The van der Waals surface area contributed by atoms with E-state index in [0.717, 1.165) is 19.4 Å². The highest BCUT2D eigenvalue weighted by molar-refractivity contribution is 4.75. The molecule has 0 rings (SSSR count). The topological polar surface area (TPSA) is 52.0 Å². The molecule has 0 aromatic rings. The summed E-state index contributed by atoms with van der Waals surface area (Å²) in [6.07, 6.45) is 4.64. The molecule has 2 nitrogen and oxygen atoms in total. The van der Waals surface area contributed by atoms with E-state index in [0.29, 0.717) is 5.41 Å². The molecule has 0 radical (unpaired) electrons. The predicted octanol–water partition coefficient (Wildman–Crippen LogP) is 2.27. The summed E-state index contributed by atoms with van der Waals surface area (Å²) in [5.41, 5.74) is 11.8. The van der Waals surface area contributed by atoms with Crippen molar-refractivity contribution in [3.05, 3.63) is 0 Å². The van der Waals surface area contributed by atoms with E-state index in [-0.39, 0.29) is 5.54 Å². The summed E-state index contributed by atoms with van der Waals surface area (Å²) in [4.78, 5) is 0. The molecule has 0 heterocycles. The van der Waals surface area contributed by atoms with Crippen molar-refractivity contribution in [3.8, 4) is 0 Å². The minimum Gasteiger partial charge on any atom is -0.330 e. The molecule has 2 heteroatoms. The summed E-state index contributed by atoms with van der Waals surface area (Å²) in [6, 6.07) is 0. The minimum absolute atomic E-state index is 0.0151. The van der Waals surface area contributed by atoms with Gasteiger partial charge in [0.15, 0.2) is 0 Å². The lowest BCUT2D eigenvalue weighted by Crippen LogP contribution is -2.32. The lowest BCUT2D eigenvalue weighted by molar-refractivity contribution is 0.287. The van der Waals surface area contributed by atoms with Gasteiger partial charge in [-0.1, -0.05) is 20.3 Å². The summed E-state index contributed by atoms with van der Waals surface area (Å²) in [5.74, 6) is 0. The lowest BCUT2D eigenvalue weighted by Gasteiger charge is -2.26. The van der Waals surface area contributed by atoms with Gasteiger partial charge in [0.05, 0.1) is 0 Å². The first-order valence-electron chi connectivity index (χ1n) is 5.26. The third-order valence-electron chi connectivity index (χ3n) is 2.50. The van der Waals surface area contributed by atoms with Crippen molar-refractivity contribution in [1.82, 2.24) is 0 Å². The highest BCUT2D eigenvalue weighted by Gasteiger charge is 2.18. The number of hydrogen-bond donors (Lipinski definition) is 2. The summed E-state index contributed by atoms with van der Waals surface area (Å²) in [7, 11) is 0. The molecule has 0 aliphatic carbocycles. The third-order valence-corrected chi connectivity index (χ3v) is 2.50. The Bertz CT molecular complexity index is 134. The lowest BCUT2D eigenvalue weighted by atomic mass is 9.82. The molecule has 13 heavy (non-hydrogen) atoms. The monoisotopic (exact) mass is 186 g/mol. The van der Waals surface area contributed by atoms with E-state index in [4.69, 9.17) is 11.5 Å². The highest BCUT2D eigenvalue weighted by atomic mass is 14.7. The molecule has 0 spiro atoms. The highest BCUT2D eigenvalue weighted by Crippen LogP contribution is 2.27. The average molecular weight is 186 g/mol. The second-order valence-corrected chi connectivity index (χ2v) is 5.55. The summed E-state index contributed by atoms with van der Waals surface area (Å²) < 4.78 is 0. The SMILES string of the molecule is CC(C)(N)CCCC(C)(C)CCN. The number of nitrogens with two attached hydrogens (primary N) is 2. The van der Waals surface area contributed by atoms with E-state index >= 15 is 0 Å². The van der Waals surface area contributed by atoms with Crippen molar-refractivity contribution in [1.29, 1.82) is 0 Å². The first kappa shape index (κ1) is 12.9. The Hall–Kier alpha value is -0.0800. The Kier molecular flexibility index (Phi) is 4.93. The van der Waals surface area contributed by atoms with Gasteiger partial charge >= 0.3 is 0 Å². The maximum Gasteiger partial charge on any atom is 0.00970 e. The second-order valence-electron chi connectivity index (χ2n) is 5.55. The van der Waals surface area contributed by atoms with Crippen LogP contribution in [0.5, 0.6) is 0 Å². The fourth-order valence-electron chi connectivity index (χ4n) is 1.54. The molecule has 0 aromatic carbocycles. The van der Waals surface area contributed by atoms with E-state index < -0.39 is 0 Å². The van der Waals surface area contributed by atoms with Gasteiger partial charge in [0.1, 0.15) is 0 Å². The zero-order chi connectivity index (χ0) is 10.5. The molecule has 0 fully saturated rings. The van der Waals surface area contributed by atoms with Crippen LogP contribution < -0.4 is 11.5 Å². The van der Waals surface area contributed by atoms with E-state index in [1.54, 1.807) is 0 Å². The van der Waals surface area contributed by atoms with E-state index in [1.807, 2.05) is 0 Å². The fourth-order valence-corrected chi connectivity index (χ4v) is 1.54. The van der Waals surface area contributed by atoms with Gasteiger partial charge in [-0.3, -0.25) is 0 Å². The Labute approximate surface area is 83.1 Å². The zero-order valence-electron chi connectivity index (χ0n) is 9.69. The molecule has 0 bridgehead atoms. The standard InChI is InChI=1S/C11H26N2/c1-10(2,8-9-12)6-5-7-11(3,4)13/h5-9,12-13H2,1-4H3. The summed E-state index contributed by atoms with van der Waals surface area (Å²) >= 11 is 0. The summed E-state index contributed by atoms with van der Waals surface area (Å²) in [6.45, 7) is 9.53. The van der Waals surface area contributed by atoms with Crippen LogP contribution >= 0.6 is 0 Å². The first-order chi connectivity index (χ1) is 5.77. The molecule has 0 amide bonds. The van der Waals surface area contributed by atoms with Crippen molar-refractivity contribution < 1.29 is 0 Å². The fraction of sp³-hybridized carbons (Fsp3) is 1.00. The van der Waals surface area contributed by atoms with Crippen molar-refractivity contribution in [2.45, 2.75) is 58.9 Å². The van der Waals surface area contributed by atoms with Gasteiger partial charge < -0.3 is 11.5 Å². The van der Waals surface area contributed by atoms with Gasteiger partial charge in [0, 0.05) is 5.54 Å². The van der Waals surface area contributed by atoms with Crippen LogP contribution in [-0.4, -0.2) is 12.1 Å². The Morgan fingerprint density at radius 2 is 1.46 bits per heavy atom. The Morgan fingerprint density at radius 3 is 1.85 bits per heavy atom. The van der Waals surface area contributed by atoms with E-state index in [9.17, 15) is 0 Å². The van der Waals surface area contributed by atoms with Gasteiger partial charge in [0.25, 0.3) is 0 Å². The molecule has 0 aromatic heterocycles. The first-order valence-corrected chi connectivity index (χ1v) is 5.26. The molecule has 0 aliphatic heterocycles. The van der Waals surface area contributed by atoms with Crippen molar-refractivity contribution in [2.75, 3.05) is 6.54 Å². The molecular formula is C11H26N2. The molecule has 0 aliphatic rings. The van der Waals surface area contributed by atoms with Crippen LogP contribution in [0.25, 0.3) is 0 Å². The quantitative estimate of drug-likeness (QED) is 0.668. The van der Waals surface area contributed by atoms with Crippen LogP contribution in [0.1, 0.15) is 53.4 Å². The van der Waals surface area contributed by atoms with Crippen molar-refractivity contribution >= 4 is 0 Å². The Morgan fingerprint density at radius 1 is 0.923 bits per heavy atom. The van der Waals surface area contributed by atoms with Crippen molar-refractivity contribution in [3.63, 3.8) is 0 Å². The molecule has 0 unspecified atom stereocenters. The van der Waals surface area contributed by atoms with Crippen molar-refractivity contribution in [2.24, 2.45) is 16.9 Å². The molecule has 0 atom stereocenters. The van der Waals surface area contributed by atoms with Gasteiger partial charge in [-0.25, -0.2) is 0 Å². The van der Waals surface area contributed by atoms with Gasteiger partial charge in [-0.2, -0.15) is 0 Å². The van der Waals surface area contributed by atoms with Crippen LogP contribution in [0.4, 0.5) is 0 Å². The molecule has 80 valence electrons. The maximum absolute atomic E-state index is 5.91. The van der Waals surface area contributed by atoms with Crippen LogP contribution in [-0.2, 0) is 0 Å². The number of hydrogen-bond acceptors (Lipinski definition) is 2. The largest absolute Gasteiger partial charge is 0.330 e. The molecule has 4 N–H and O–H groups in total. The molecule has 0 saturated carbocycles. The van der Waals surface area contributed by atoms with Gasteiger partial charge in [-0.05, 0) is 45.1 Å². The minimum atomic E-state index is -0.0151. The third kappa shape index (κ3) is 8.26. The predicted molar refractivity (Wildman–Crippen MR) is 59.6 cm³/mol. The smallest absolute Gasteiger partial charge is 0.00970 e. The van der Waals surface area contributed by atoms with Crippen LogP contribution in [0.3, 0.4) is 0 Å². The zero-order valence-corrected chi connectivity index (χ0v) is 9.69. The molecule has 0 saturated heterocycles. The van der Waals surface area contributed by atoms with Crippen LogP contribution in [0.15, 0.2) is 0 Å². The molecular weight excluding hydrogens is 160 g/mol. The maximum atomic E-state index is 5.91. The van der Waals surface area contributed by atoms with E-state index in [1.165, 1.54) is 12.8 Å². The average Bonchev–Trinajstić information content (AvgIpc) is 1.82. The normalized spacial score (nSPS) is 13.4. The number of rotatable bonds is 6. The van der Waals surface area contributed by atoms with Gasteiger partial charge in [0.2, 0.25) is 0 Å². The van der Waals surface area contributed by atoms with E-state index in [2.05, 4.69) is 27.7 Å². The Balaban J connectivity index is 3.63. The van der Waals surface area contributed by atoms with Crippen LogP contribution in [0.2, 0.25) is 0 Å². The second kappa shape index (κ2) is 4.97.